The van der Waals surface area contributed by atoms with Crippen LogP contribution in [0.3, 0.4) is 0 Å². The summed E-state index contributed by atoms with van der Waals surface area (Å²) < 4.78 is 54.1. The Hall–Kier alpha value is -1.98. The van der Waals surface area contributed by atoms with Gasteiger partial charge < -0.3 is 9.64 Å². The summed E-state index contributed by atoms with van der Waals surface area (Å²) >= 11 is 0. The number of amides is 1. The molecule has 1 aliphatic heterocycles. The van der Waals surface area contributed by atoms with Crippen LogP contribution in [0, 0.1) is 0 Å². The van der Waals surface area contributed by atoms with Crippen molar-refractivity contribution in [3.8, 4) is 0 Å². The molecule has 1 aromatic carbocycles. The van der Waals surface area contributed by atoms with E-state index in [-0.39, 0.29) is 22.0 Å². The number of sulfone groups is 1. The highest BCUT2D eigenvalue weighted by Crippen LogP contribution is 2.19. The Morgan fingerprint density at radius 1 is 1.23 bits per heavy atom. The molecule has 11 heteroatoms. The van der Waals surface area contributed by atoms with Gasteiger partial charge in [-0.1, -0.05) is 19.4 Å². The lowest BCUT2D eigenvalue weighted by atomic mass is 10.2. The van der Waals surface area contributed by atoms with Gasteiger partial charge >= 0.3 is 5.97 Å². The van der Waals surface area contributed by atoms with Crippen molar-refractivity contribution in [2.24, 2.45) is 0 Å². The number of hydrogen-bond acceptors (Lipinski definition) is 7. The second-order valence-electron chi connectivity index (χ2n) is 7.39. The van der Waals surface area contributed by atoms with Crippen LogP contribution in [0.4, 0.5) is 0 Å². The highest BCUT2D eigenvalue weighted by Gasteiger charge is 2.34. The van der Waals surface area contributed by atoms with Crippen LogP contribution in [0.15, 0.2) is 29.2 Å². The van der Waals surface area contributed by atoms with E-state index in [9.17, 15) is 26.4 Å². The average molecular weight is 461 g/mol. The fourth-order valence-electron chi connectivity index (χ4n) is 3.15. The molecule has 0 aliphatic carbocycles. The van der Waals surface area contributed by atoms with E-state index in [2.05, 4.69) is 0 Å². The van der Waals surface area contributed by atoms with Crippen LogP contribution in [0.1, 0.15) is 36.5 Å². The number of carbonyl (C=O) groups is 2. The monoisotopic (exact) mass is 460 g/mol. The lowest BCUT2D eigenvalue weighted by Crippen LogP contribution is -2.43. The zero-order valence-corrected chi connectivity index (χ0v) is 19.0. The molecule has 0 N–H and O–H groups in total. The van der Waals surface area contributed by atoms with Crippen LogP contribution >= 0.6 is 0 Å². The Balaban J connectivity index is 2.07. The fraction of sp³-hybridized carbons (Fsp3) is 0.579. The van der Waals surface area contributed by atoms with E-state index in [1.807, 2.05) is 6.92 Å². The first-order chi connectivity index (χ1) is 14.0. The predicted molar refractivity (Wildman–Crippen MR) is 111 cm³/mol. The number of ether oxygens (including phenoxy) is 1. The summed E-state index contributed by atoms with van der Waals surface area (Å²) in [7, 11) is -4.11. The van der Waals surface area contributed by atoms with E-state index in [1.165, 1.54) is 43.3 Å². The van der Waals surface area contributed by atoms with E-state index < -0.39 is 44.4 Å². The summed E-state index contributed by atoms with van der Waals surface area (Å²) in [5.41, 5.74) is 0.00859. The molecule has 9 nitrogen and oxygen atoms in total. The highest BCUT2D eigenvalue weighted by atomic mass is 32.2. The van der Waals surface area contributed by atoms with Gasteiger partial charge in [0.15, 0.2) is 16.4 Å². The SMILES string of the molecule is CCCCN(C(=O)COC(=O)c1cccc(S(=O)(=O)N(C)C)c1)C1CCS(=O)(=O)C1. The van der Waals surface area contributed by atoms with Crippen LogP contribution in [0.2, 0.25) is 0 Å². The van der Waals surface area contributed by atoms with Crippen molar-refractivity contribution in [3.05, 3.63) is 29.8 Å². The summed E-state index contributed by atoms with van der Waals surface area (Å²) in [6.07, 6.45) is 1.91. The van der Waals surface area contributed by atoms with Gasteiger partial charge in [-0.15, -0.1) is 0 Å². The number of nitrogens with zero attached hydrogens (tertiary/aromatic N) is 2. The summed E-state index contributed by atoms with van der Waals surface area (Å²) in [5.74, 6) is -1.33. The van der Waals surface area contributed by atoms with Crippen LogP contribution in [0.25, 0.3) is 0 Å². The lowest BCUT2D eigenvalue weighted by Gasteiger charge is -2.28. The molecule has 1 aromatic rings. The second kappa shape index (κ2) is 9.88. The van der Waals surface area contributed by atoms with E-state index in [4.69, 9.17) is 4.74 Å². The van der Waals surface area contributed by atoms with E-state index >= 15 is 0 Å². The molecule has 1 aliphatic rings. The molecule has 30 heavy (non-hydrogen) atoms. The minimum absolute atomic E-state index is 0.00859. The Morgan fingerprint density at radius 3 is 2.50 bits per heavy atom. The van der Waals surface area contributed by atoms with Crippen molar-refractivity contribution in [2.75, 3.05) is 38.8 Å². The molecule has 1 unspecified atom stereocenters. The number of carbonyl (C=O) groups excluding carboxylic acids is 2. The molecule has 168 valence electrons. The lowest BCUT2D eigenvalue weighted by molar-refractivity contribution is -0.136. The van der Waals surface area contributed by atoms with Gasteiger partial charge in [-0.2, -0.15) is 0 Å². The summed E-state index contributed by atoms with van der Waals surface area (Å²) in [6, 6.07) is 4.97. The van der Waals surface area contributed by atoms with Gasteiger partial charge in [0, 0.05) is 26.7 Å². The molecule has 1 atom stereocenters. The normalized spacial score (nSPS) is 18.3. The number of hydrogen-bond donors (Lipinski definition) is 0. The van der Waals surface area contributed by atoms with Crippen LogP contribution in [0.5, 0.6) is 0 Å². The molecule has 0 saturated carbocycles. The van der Waals surface area contributed by atoms with E-state index in [0.717, 1.165) is 10.7 Å². The zero-order chi connectivity index (χ0) is 22.5. The largest absolute Gasteiger partial charge is 0.452 e. The molecule has 2 rings (SSSR count). The third kappa shape index (κ3) is 6.02. The number of sulfonamides is 1. The first kappa shape index (κ1) is 24.3. The third-order valence-corrected chi connectivity index (χ3v) is 8.46. The fourth-order valence-corrected chi connectivity index (χ4v) is 5.83. The maximum absolute atomic E-state index is 12.6. The Bertz CT molecular complexity index is 988. The Kier molecular flexibility index (Phi) is 8.00. The van der Waals surface area contributed by atoms with Crippen molar-refractivity contribution in [1.82, 2.24) is 9.21 Å². The molecule has 1 amide bonds. The molecule has 1 fully saturated rings. The van der Waals surface area contributed by atoms with Crippen LogP contribution in [-0.4, -0.2) is 82.7 Å². The molecular formula is C19H28N2O7S2. The Labute approximate surface area is 178 Å². The highest BCUT2D eigenvalue weighted by molar-refractivity contribution is 7.91. The van der Waals surface area contributed by atoms with Crippen molar-refractivity contribution < 1.29 is 31.2 Å². The van der Waals surface area contributed by atoms with Gasteiger partial charge in [0.2, 0.25) is 10.0 Å². The standard InChI is InChI=1S/C19H28N2O7S2/c1-4-5-10-21(16-9-11-29(24,25)14-16)18(22)13-28-19(23)15-7-6-8-17(12-15)30(26,27)20(2)3/h6-8,12,16H,4-5,9-11,13-14H2,1-3H3. The molecule has 1 heterocycles. The topological polar surface area (TPSA) is 118 Å². The van der Waals surface area contributed by atoms with Gasteiger partial charge in [0.1, 0.15) is 0 Å². The van der Waals surface area contributed by atoms with Gasteiger partial charge in [-0.3, -0.25) is 4.79 Å². The van der Waals surface area contributed by atoms with E-state index in [1.54, 1.807) is 0 Å². The smallest absolute Gasteiger partial charge is 0.338 e. The predicted octanol–water partition coefficient (Wildman–Crippen LogP) is 0.910. The number of rotatable bonds is 9. The molecule has 0 spiro atoms. The average Bonchev–Trinajstić information content (AvgIpc) is 3.05. The molecular weight excluding hydrogens is 432 g/mol. The molecule has 0 radical (unpaired) electrons. The number of unbranched alkanes of at least 4 members (excludes halogenated alkanes) is 1. The third-order valence-electron chi connectivity index (χ3n) is 4.90. The summed E-state index contributed by atoms with van der Waals surface area (Å²) in [5, 5.41) is 0. The number of esters is 1. The first-order valence-electron chi connectivity index (χ1n) is 9.67. The van der Waals surface area contributed by atoms with Gasteiger partial charge in [-0.05, 0) is 31.0 Å². The van der Waals surface area contributed by atoms with E-state index in [0.29, 0.717) is 19.4 Å². The number of benzene rings is 1. The van der Waals surface area contributed by atoms with Crippen LogP contribution in [-0.2, 0) is 29.4 Å². The molecule has 1 saturated heterocycles. The van der Waals surface area contributed by atoms with Crippen molar-refractivity contribution >= 4 is 31.7 Å². The van der Waals surface area contributed by atoms with Gasteiger partial charge in [-0.25, -0.2) is 25.9 Å². The van der Waals surface area contributed by atoms with Gasteiger partial charge in [0.05, 0.1) is 22.0 Å². The summed E-state index contributed by atoms with van der Waals surface area (Å²) in [4.78, 5) is 26.4. The van der Waals surface area contributed by atoms with Gasteiger partial charge in [0.25, 0.3) is 5.91 Å². The maximum Gasteiger partial charge on any atom is 0.338 e. The van der Waals surface area contributed by atoms with Crippen molar-refractivity contribution in [2.45, 2.75) is 37.1 Å². The quantitative estimate of drug-likeness (QED) is 0.503. The minimum Gasteiger partial charge on any atom is -0.452 e. The maximum atomic E-state index is 12.6. The van der Waals surface area contributed by atoms with Crippen LogP contribution < -0.4 is 0 Å². The Morgan fingerprint density at radius 2 is 1.93 bits per heavy atom. The second-order valence-corrected chi connectivity index (χ2v) is 11.8. The zero-order valence-electron chi connectivity index (χ0n) is 17.4. The van der Waals surface area contributed by atoms with Crippen molar-refractivity contribution in [1.29, 1.82) is 0 Å². The van der Waals surface area contributed by atoms with Crippen molar-refractivity contribution in [3.63, 3.8) is 0 Å². The minimum atomic E-state index is -3.72. The first-order valence-corrected chi connectivity index (χ1v) is 12.9. The molecule has 0 aromatic heterocycles. The summed E-state index contributed by atoms with van der Waals surface area (Å²) in [6.45, 7) is 1.82. The molecule has 0 bridgehead atoms.